The van der Waals surface area contributed by atoms with Gasteiger partial charge in [0, 0.05) is 36.3 Å². The van der Waals surface area contributed by atoms with Gasteiger partial charge in [0.05, 0.1) is 11.2 Å². The van der Waals surface area contributed by atoms with E-state index < -0.39 is 0 Å². The lowest BCUT2D eigenvalue weighted by molar-refractivity contribution is 0.382. The maximum Gasteiger partial charge on any atom is 0.0841 e. The Morgan fingerprint density at radius 3 is 2.58 bits per heavy atom. The molecule has 2 rings (SSSR count). The highest BCUT2D eigenvalue weighted by atomic mass is 35.5. The van der Waals surface area contributed by atoms with E-state index in [1.807, 2.05) is 23.9 Å². The van der Waals surface area contributed by atoms with Crippen LogP contribution in [0.3, 0.4) is 0 Å². The highest BCUT2D eigenvalue weighted by Gasteiger charge is 2.26. The van der Waals surface area contributed by atoms with Crippen molar-refractivity contribution in [2.45, 2.75) is 25.4 Å². The van der Waals surface area contributed by atoms with Crippen LogP contribution in [0.2, 0.25) is 0 Å². The van der Waals surface area contributed by atoms with Crippen LogP contribution in [0.4, 0.5) is 0 Å². The summed E-state index contributed by atoms with van der Waals surface area (Å²) >= 11 is 12.1. The van der Waals surface area contributed by atoms with E-state index in [2.05, 4.69) is 29.5 Å². The lowest BCUT2D eigenvalue weighted by Crippen LogP contribution is -2.48. The fourth-order valence-electron chi connectivity index (χ4n) is 2.13. The van der Waals surface area contributed by atoms with Crippen molar-refractivity contribution in [2.24, 2.45) is 7.05 Å². The van der Waals surface area contributed by atoms with Crippen molar-refractivity contribution in [1.29, 1.82) is 0 Å². The van der Waals surface area contributed by atoms with Crippen LogP contribution in [0.1, 0.15) is 19.0 Å². The van der Waals surface area contributed by atoms with Gasteiger partial charge in [0.15, 0.2) is 0 Å². The summed E-state index contributed by atoms with van der Waals surface area (Å²) < 4.78 is 1.90. The molecule has 0 saturated carbocycles. The van der Waals surface area contributed by atoms with Gasteiger partial charge in [-0.3, -0.25) is 4.68 Å². The van der Waals surface area contributed by atoms with Gasteiger partial charge in [-0.1, -0.05) is 25.1 Å². The number of para-hydroxylation sites is 1. The topological polar surface area (TPSA) is 29.9 Å². The number of hydrogen-bond acceptors (Lipinski definition) is 2. The van der Waals surface area contributed by atoms with Gasteiger partial charge >= 0.3 is 0 Å². The fraction of sp³-hybridized carbons (Fsp3) is 0.500. The summed E-state index contributed by atoms with van der Waals surface area (Å²) in [5.41, 5.74) is 1.95. The molecule has 104 valence electrons. The number of halogens is 2. The molecule has 0 atom stereocenters. The lowest BCUT2D eigenvalue weighted by atomic mass is 10.0. The van der Waals surface area contributed by atoms with E-state index in [1.54, 1.807) is 0 Å². The molecule has 0 unspecified atom stereocenters. The van der Waals surface area contributed by atoms with E-state index in [0.717, 1.165) is 17.6 Å². The third-order valence-electron chi connectivity index (χ3n) is 3.65. The van der Waals surface area contributed by atoms with Crippen LogP contribution in [-0.2, 0) is 13.6 Å². The molecule has 3 nitrogen and oxygen atoms in total. The Labute approximate surface area is 123 Å². The molecule has 0 aliphatic carbocycles. The first-order chi connectivity index (χ1) is 9.15. The Hall–Kier alpha value is -0.770. The first-order valence-electron chi connectivity index (χ1n) is 6.43. The predicted molar refractivity (Wildman–Crippen MR) is 82.0 cm³/mol. The number of benzene rings is 1. The molecule has 1 aromatic carbocycles. The number of aromatic nitrogens is 2. The Balaban J connectivity index is 2.22. The van der Waals surface area contributed by atoms with E-state index in [-0.39, 0.29) is 5.54 Å². The smallest absolute Gasteiger partial charge is 0.0841 e. The molecular formula is C14H19Cl2N3. The number of fused-ring (bicyclic) bond motifs is 1. The second kappa shape index (κ2) is 6.12. The summed E-state index contributed by atoms with van der Waals surface area (Å²) in [4.78, 5) is 0. The van der Waals surface area contributed by atoms with Gasteiger partial charge in [0.25, 0.3) is 0 Å². The molecule has 0 aliphatic heterocycles. The van der Waals surface area contributed by atoms with Crippen molar-refractivity contribution in [1.82, 2.24) is 15.1 Å². The third-order valence-corrected chi connectivity index (χ3v) is 4.68. The largest absolute Gasteiger partial charge is 0.303 e. The van der Waals surface area contributed by atoms with Crippen LogP contribution in [0.25, 0.3) is 10.9 Å². The number of hydrogen-bond donors (Lipinski definition) is 1. The van der Waals surface area contributed by atoms with Crippen molar-refractivity contribution in [2.75, 3.05) is 11.8 Å². The van der Waals surface area contributed by atoms with Crippen LogP contribution in [0.5, 0.6) is 0 Å². The minimum absolute atomic E-state index is 0.220. The van der Waals surface area contributed by atoms with Crippen molar-refractivity contribution in [3.05, 3.63) is 30.0 Å². The molecule has 0 bridgehead atoms. The summed E-state index contributed by atoms with van der Waals surface area (Å²) in [5.74, 6) is 0.996. The van der Waals surface area contributed by atoms with Gasteiger partial charge in [-0.2, -0.15) is 5.10 Å². The van der Waals surface area contributed by atoms with Gasteiger partial charge in [-0.05, 0) is 12.5 Å². The van der Waals surface area contributed by atoms with Crippen LogP contribution in [-0.4, -0.2) is 27.1 Å². The standard InChI is InChI=1S/C14H19Cl2N3/c1-3-14(9-15,10-16)17-8-12-11-6-4-5-7-13(11)19(2)18-12/h4-7,17H,3,8-10H2,1-2H3. The Morgan fingerprint density at radius 1 is 1.26 bits per heavy atom. The van der Waals surface area contributed by atoms with Crippen molar-refractivity contribution in [3.8, 4) is 0 Å². The molecule has 5 heteroatoms. The molecule has 0 radical (unpaired) electrons. The van der Waals surface area contributed by atoms with Crippen molar-refractivity contribution in [3.63, 3.8) is 0 Å². The zero-order valence-electron chi connectivity index (χ0n) is 11.3. The maximum atomic E-state index is 6.04. The quantitative estimate of drug-likeness (QED) is 0.830. The zero-order valence-corrected chi connectivity index (χ0v) is 12.8. The van der Waals surface area contributed by atoms with Gasteiger partial charge in [0.1, 0.15) is 0 Å². The van der Waals surface area contributed by atoms with Gasteiger partial charge < -0.3 is 5.32 Å². The van der Waals surface area contributed by atoms with E-state index >= 15 is 0 Å². The summed E-state index contributed by atoms with van der Waals surface area (Å²) in [6, 6.07) is 8.22. The van der Waals surface area contributed by atoms with E-state index in [9.17, 15) is 0 Å². The molecule has 0 saturated heterocycles. The molecule has 0 spiro atoms. The Kier molecular flexibility index (Phi) is 4.71. The first-order valence-corrected chi connectivity index (χ1v) is 7.50. The van der Waals surface area contributed by atoms with E-state index in [4.69, 9.17) is 23.2 Å². The monoisotopic (exact) mass is 299 g/mol. The van der Waals surface area contributed by atoms with E-state index in [1.165, 1.54) is 5.39 Å². The average Bonchev–Trinajstić information content (AvgIpc) is 2.78. The van der Waals surface area contributed by atoms with Crippen LogP contribution in [0.15, 0.2) is 24.3 Å². The molecule has 2 aromatic rings. The van der Waals surface area contributed by atoms with Crippen LogP contribution in [0, 0.1) is 0 Å². The zero-order chi connectivity index (χ0) is 13.9. The maximum absolute atomic E-state index is 6.04. The molecule has 0 fully saturated rings. The number of alkyl halides is 2. The molecular weight excluding hydrogens is 281 g/mol. The van der Waals surface area contributed by atoms with Crippen LogP contribution < -0.4 is 5.32 Å². The Bertz CT molecular complexity index is 538. The Morgan fingerprint density at radius 2 is 1.95 bits per heavy atom. The molecule has 1 N–H and O–H groups in total. The third kappa shape index (κ3) is 2.88. The SMILES string of the molecule is CCC(CCl)(CCl)NCc1nn(C)c2ccccc12. The lowest BCUT2D eigenvalue weighted by Gasteiger charge is -2.29. The molecule has 0 aliphatic rings. The molecule has 0 amide bonds. The number of nitrogens with zero attached hydrogens (tertiary/aromatic N) is 2. The number of rotatable bonds is 6. The molecule has 1 aromatic heterocycles. The summed E-state index contributed by atoms with van der Waals surface area (Å²) in [6.07, 6.45) is 0.894. The summed E-state index contributed by atoms with van der Waals surface area (Å²) in [7, 11) is 1.96. The first kappa shape index (κ1) is 14.6. The van der Waals surface area contributed by atoms with Gasteiger partial charge in [0.2, 0.25) is 0 Å². The number of aryl methyl sites for hydroxylation is 1. The number of nitrogens with one attached hydrogen (secondary N) is 1. The highest BCUT2D eigenvalue weighted by Crippen LogP contribution is 2.20. The predicted octanol–water partition coefficient (Wildman–Crippen LogP) is 3.29. The molecule has 19 heavy (non-hydrogen) atoms. The second-order valence-electron chi connectivity index (χ2n) is 4.84. The van der Waals surface area contributed by atoms with Crippen molar-refractivity contribution >= 4 is 34.1 Å². The minimum atomic E-state index is -0.220. The molecule has 1 heterocycles. The minimum Gasteiger partial charge on any atom is -0.303 e. The van der Waals surface area contributed by atoms with Gasteiger partial charge in [-0.25, -0.2) is 0 Å². The van der Waals surface area contributed by atoms with Gasteiger partial charge in [-0.15, -0.1) is 23.2 Å². The van der Waals surface area contributed by atoms with Crippen LogP contribution >= 0.6 is 23.2 Å². The average molecular weight is 300 g/mol. The fourth-order valence-corrected chi connectivity index (χ4v) is 2.99. The summed E-state index contributed by atoms with van der Waals surface area (Å²) in [6.45, 7) is 2.77. The van der Waals surface area contributed by atoms with Crippen molar-refractivity contribution < 1.29 is 0 Å². The second-order valence-corrected chi connectivity index (χ2v) is 5.38. The normalized spacial score (nSPS) is 12.2. The summed E-state index contributed by atoms with van der Waals surface area (Å²) in [5, 5.41) is 9.20. The highest BCUT2D eigenvalue weighted by molar-refractivity contribution is 6.22. The van der Waals surface area contributed by atoms with E-state index in [0.29, 0.717) is 18.3 Å².